The third-order valence-electron chi connectivity index (χ3n) is 3.22. The number of carboxylic acids is 1. The molecule has 0 aromatic heterocycles. The van der Waals surface area contributed by atoms with Crippen LogP contribution in [0.5, 0.6) is 17.2 Å². The van der Waals surface area contributed by atoms with Crippen LogP contribution >= 0.6 is 11.8 Å². The zero-order valence-corrected chi connectivity index (χ0v) is 14.6. The Morgan fingerprint density at radius 1 is 1.24 bits per heavy atom. The molecule has 1 aromatic rings. The average Bonchev–Trinajstić information content (AvgIpc) is 2.93. The van der Waals surface area contributed by atoms with Gasteiger partial charge in [0.1, 0.15) is 11.0 Å². The monoisotopic (exact) mass is 367 g/mol. The van der Waals surface area contributed by atoms with E-state index >= 15 is 0 Å². The smallest absolute Gasteiger partial charge is 0.305 e. The number of carboxylic acid groups (broad SMARTS) is 1. The van der Waals surface area contributed by atoms with Gasteiger partial charge in [-0.3, -0.25) is 9.59 Å². The fourth-order valence-corrected chi connectivity index (χ4v) is 2.96. The van der Waals surface area contributed by atoms with E-state index in [1.54, 1.807) is 12.1 Å². The first-order valence-electron chi connectivity index (χ1n) is 7.08. The number of hydrogen-bond donors (Lipinski definition) is 2. The Morgan fingerprint density at radius 3 is 2.48 bits per heavy atom. The van der Waals surface area contributed by atoms with Gasteiger partial charge in [0.25, 0.3) is 0 Å². The van der Waals surface area contributed by atoms with Crippen molar-refractivity contribution in [3.63, 3.8) is 0 Å². The molecule has 1 saturated heterocycles. The Morgan fingerprint density at radius 2 is 1.88 bits per heavy atom. The molecule has 1 fully saturated rings. The van der Waals surface area contributed by atoms with Gasteiger partial charge in [-0.1, -0.05) is 11.8 Å². The van der Waals surface area contributed by atoms with Gasteiger partial charge in [0.2, 0.25) is 5.91 Å². The average molecular weight is 367 g/mol. The summed E-state index contributed by atoms with van der Waals surface area (Å²) in [6.07, 6.45) is 1.16. The number of aliphatic carboxylic acids is 1. The lowest BCUT2D eigenvalue weighted by molar-refractivity contribution is -0.138. The summed E-state index contributed by atoms with van der Waals surface area (Å²) in [6, 6.07) is 3.33. The molecule has 0 spiro atoms. The van der Waals surface area contributed by atoms with Gasteiger partial charge in [-0.15, -0.1) is 5.10 Å². The van der Waals surface area contributed by atoms with Crippen LogP contribution in [-0.4, -0.2) is 54.9 Å². The number of carbonyl (C=O) groups excluding carboxylic acids is 1. The number of methoxy groups -OCH3 is 3. The molecular weight excluding hydrogens is 350 g/mol. The summed E-state index contributed by atoms with van der Waals surface area (Å²) >= 11 is 1.02. The van der Waals surface area contributed by atoms with E-state index in [-0.39, 0.29) is 11.6 Å². The van der Waals surface area contributed by atoms with Gasteiger partial charge in [0.15, 0.2) is 16.7 Å². The van der Waals surface area contributed by atoms with Crippen molar-refractivity contribution in [3.8, 4) is 17.2 Å². The van der Waals surface area contributed by atoms with Crippen LogP contribution in [0.25, 0.3) is 0 Å². The number of ether oxygens (including phenoxy) is 3. The highest BCUT2D eigenvalue weighted by Crippen LogP contribution is 2.33. The fourth-order valence-electron chi connectivity index (χ4n) is 2.04. The highest BCUT2D eigenvalue weighted by molar-refractivity contribution is 8.15. The van der Waals surface area contributed by atoms with Crippen LogP contribution < -0.4 is 19.5 Å². The van der Waals surface area contributed by atoms with Crippen LogP contribution in [0.1, 0.15) is 12.0 Å². The lowest BCUT2D eigenvalue weighted by Gasteiger charge is -2.11. The maximum atomic E-state index is 11.6. The van der Waals surface area contributed by atoms with Crippen molar-refractivity contribution in [1.82, 2.24) is 5.32 Å². The molecule has 1 aliphatic heterocycles. The molecule has 1 atom stereocenters. The van der Waals surface area contributed by atoms with E-state index in [2.05, 4.69) is 15.5 Å². The highest BCUT2D eigenvalue weighted by atomic mass is 32.2. The van der Waals surface area contributed by atoms with Crippen LogP contribution in [0, 0.1) is 0 Å². The van der Waals surface area contributed by atoms with Crippen LogP contribution in [-0.2, 0) is 9.59 Å². The Hall–Kier alpha value is -2.75. The zero-order chi connectivity index (χ0) is 18.4. The predicted molar refractivity (Wildman–Crippen MR) is 92.9 cm³/mol. The molecule has 1 amide bonds. The van der Waals surface area contributed by atoms with Gasteiger partial charge in [0, 0.05) is 11.6 Å². The van der Waals surface area contributed by atoms with Gasteiger partial charge in [-0.25, -0.2) is 0 Å². The first-order chi connectivity index (χ1) is 12.0. The Balaban J connectivity index is 2.16. The molecule has 0 radical (unpaired) electrons. The van der Waals surface area contributed by atoms with Crippen molar-refractivity contribution in [2.24, 2.45) is 10.2 Å². The van der Waals surface area contributed by atoms with Crippen LogP contribution in [0.2, 0.25) is 0 Å². The number of hydrogen-bond acceptors (Lipinski definition) is 8. The topological polar surface area (TPSA) is 119 Å². The highest BCUT2D eigenvalue weighted by Gasteiger charge is 2.32. The Labute approximate surface area is 148 Å². The molecule has 2 rings (SSSR count). The van der Waals surface area contributed by atoms with Crippen molar-refractivity contribution in [2.45, 2.75) is 11.7 Å². The molecule has 0 unspecified atom stereocenters. The van der Waals surface area contributed by atoms with Crippen molar-refractivity contribution in [3.05, 3.63) is 17.7 Å². The van der Waals surface area contributed by atoms with Crippen LogP contribution in [0.15, 0.2) is 22.3 Å². The standard InChI is InChI=1S/C15H17N3O6S/c1-22-9-5-11(24-3)10(23-2)4-8(9)7-16-18-15-17-14(21)12(25-15)6-13(19)20/h4-5,7,12H,6H2,1-3H3,(H,19,20)(H,17,18,21)/b16-7-/t12-/m1/s1. The van der Waals surface area contributed by atoms with E-state index in [1.165, 1.54) is 27.5 Å². The lowest BCUT2D eigenvalue weighted by Crippen LogP contribution is -2.26. The molecule has 134 valence electrons. The Kier molecular flexibility index (Phi) is 6.23. The number of thioether (sulfide) groups is 1. The molecule has 25 heavy (non-hydrogen) atoms. The number of rotatable bonds is 7. The summed E-state index contributed by atoms with van der Waals surface area (Å²) in [5.74, 6) is 0.0754. The number of carbonyl (C=O) groups is 2. The maximum Gasteiger partial charge on any atom is 0.305 e. The first kappa shape index (κ1) is 18.6. The van der Waals surface area contributed by atoms with E-state index in [0.717, 1.165) is 11.8 Å². The Bertz CT molecular complexity index is 734. The lowest BCUT2D eigenvalue weighted by atomic mass is 10.2. The molecule has 1 aliphatic rings. The van der Waals surface area contributed by atoms with Crippen LogP contribution in [0.3, 0.4) is 0 Å². The number of benzene rings is 1. The number of nitrogens with one attached hydrogen (secondary N) is 1. The molecule has 0 saturated carbocycles. The van der Waals surface area contributed by atoms with E-state index in [9.17, 15) is 9.59 Å². The summed E-state index contributed by atoms with van der Waals surface area (Å²) in [5, 5.41) is 18.6. The second kappa shape index (κ2) is 8.38. The second-order valence-corrected chi connectivity index (χ2v) is 5.98. The molecule has 2 N–H and O–H groups in total. The van der Waals surface area contributed by atoms with Gasteiger partial charge in [-0.05, 0) is 6.07 Å². The van der Waals surface area contributed by atoms with Gasteiger partial charge >= 0.3 is 5.97 Å². The maximum absolute atomic E-state index is 11.6. The molecule has 9 nitrogen and oxygen atoms in total. The summed E-state index contributed by atoms with van der Waals surface area (Å²) in [5.41, 5.74) is 0.598. The second-order valence-electron chi connectivity index (χ2n) is 4.79. The van der Waals surface area contributed by atoms with E-state index in [1.807, 2.05) is 0 Å². The minimum Gasteiger partial charge on any atom is -0.496 e. The molecule has 0 bridgehead atoms. The molecule has 1 aromatic carbocycles. The first-order valence-corrected chi connectivity index (χ1v) is 7.96. The summed E-state index contributed by atoms with van der Waals surface area (Å²) < 4.78 is 15.7. The zero-order valence-electron chi connectivity index (χ0n) is 13.8. The molecule has 10 heteroatoms. The summed E-state index contributed by atoms with van der Waals surface area (Å²) in [6.45, 7) is 0. The van der Waals surface area contributed by atoms with Gasteiger partial charge < -0.3 is 24.6 Å². The predicted octanol–water partition coefficient (Wildman–Crippen LogP) is 1.11. The third-order valence-corrected chi connectivity index (χ3v) is 4.29. The minimum absolute atomic E-state index is 0.243. The minimum atomic E-state index is -1.05. The van der Waals surface area contributed by atoms with Gasteiger partial charge in [-0.2, -0.15) is 5.10 Å². The van der Waals surface area contributed by atoms with Crippen molar-refractivity contribution >= 4 is 35.0 Å². The van der Waals surface area contributed by atoms with Crippen LogP contribution in [0.4, 0.5) is 0 Å². The quantitative estimate of drug-likeness (QED) is 0.547. The van der Waals surface area contributed by atoms with Crippen molar-refractivity contribution in [1.29, 1.82) is 0 Å². The van der Waals surface area contributed by atoms with E-state index in [4.69, 9.17) is 19.3 Å². The largest absolute Gasteiger partial charge is 0.496 e. The third kappa shape index (κ3) is 4.63. The summed E-state index contributed by atoms with van der Waals surface area (Å²) in [4.78, 5) is 22.3. The van der Waals surface area contributed by atoms with Crippen molar-refractivity contribution < 1.29 is 28.9 Å². The van der Waals surface area contributed by atoms with Crippen molar-refractivity contribution in [2.75, 3.05) is 21.3 Å². The van der Waals surface area contributed by atoms with E-state index < -0.39 is 17.1 Å². The number of nitrogens with zero attached hydrogens (tertiary/aromatic N) is 2. The molecular formula is C15H17N3O6S. The van der Waals surface area contributed by atoms with E-state index in [0.29, 0.717) is 22.8 Å². The molecule has 0 aliphatic carbocycles. The fraction of sp³-hybridized carbons (Fsp3) is 0.333. The SMILES string of the molecule is COc1cc(OC)c(OC)cc1/C=N\N=C1\NC(=O)[C@@H](CC(=O)O)S1. The molecule has 1 heterocycles. The normalized spacial score (nSPS) is 18.4. The van der Waals surface area contributed by atoms with Gasteiger partial charge in [0.05, 0.1) is 34.0 Å². The number of amides is 1. The number of amidine groups is 1. The summed E-state index contributed by atoms with van der Waals surface area (Å²) in [7, 11) is 4.54.